The molecule has 2 aromatic carbocycles. The highest BCUT2D eigenvalue weighted by Gasteiger charge is 2.12. The van der Waals surface area contributed by atoms with E-state index in [0.29, 0.717) is 28.1 Å². The zero-order chi connectivity index (χ0) is 17.5. The van der Waals surface area contributed by atoms with Crippen molar-refractivity contribution in [3.8, 4) is 11.5 Å². The summed E-state index contributed by atoms with van der Waals surface area (Å²) >= 11 is 3.41. The fraction of sp³-hybridized carbons (Fsp3) is 0.167. The maximum Gasteiger partial charge on any atom is 0.328 e. The first kappa shape index (κ1) is 18.0. The third-order valence-electron chi connectivity index (χ3n) is 3.05. The van der Waals surface area contributed by atoms with Gasteiger partial charge in [-0.1, -0.05) is 12.1 Å². The van der Waals surface area contributed by atoms with Crippen molar-refractivity contribution >= 4 is 28.0 Å². The van der Waals surface area contributed by atoms with Crippen molar-refractivity contribution in [2.75, 3.05) is 6.61 Å². The second kappa shape index (κ2) is 8.49. The molecule has 126 valence electrons. The van der Waals surface area contributed by atoms with Crippen LogP contribution >= 0.6 is 15.9 Å². The lowest BCUT2D eigenvalue weighted by atomic mass is 10.2. The minimum absolute atomic E-state index is 0.253. The smallest absolute Gasteiger partial charge is 0.328 e. The normalized spacial score (nSPS) is 10.8. The lowest BCUT2D eigenvalue weighted by molar-refractivity contribution is -0.131. The molecular weight excluding hydrogens is 379 g/mol. The van der Waals surface area contributed by atoms with Crippen LogP contribution < -0.4 is 9.47 Å². The molecule has 0 atom stereocenters. The number of rotatable bonds is 7. The first-order chi connectivity index (χ1) is 11.5. The summed E-state index contributed by atoms with van der Waals surface area (Å²) in [5.41, 5.74) is 1.49. The van der Waals surface area contributed by atoms with Gasteiger partial charge in [0.2, 0.25) is 0 Å². The number of aliphatic carboxylic acids is 1. The summed E-state index contributed by atoms with van der Waals surface area (Å²) in [6, 6.07) is 9.48. The van der Waals surface area contributed by atoms with Gasteiger partial charge in [0, 0.05) is 6.08 Å². The summed E-state index contributed by atoms with van der Waals surface area (Å²) in [6.07, 6.45) is 2.52. The van der Waals surface area contributed by atoms with E-state index in [0.717, 1.165) is 11.6 Å². The van der Waals surface area contributed by atoms with Crippen LogP contribution in [-0.4, -0.2) is 17.7 Å². The van der Waals surface area contributed by atoms with Crippen molar-refractivity contribution < 1.29 is 23.8 Å². The van der Waals surface area contributed by atoms with Crippen molar-refractivity contribution in [1.29, 1.82) is 0 Å². The number of benzene rings is 2. The van der Waals surface area contributed by atoms with Crippen molar-refractivity contribution in [2.45, 2.75) is 13.5 Å². The molecule has 0 fully saturated rings. The molecule has 6 heteroatoms. The molecule has 0 unspecified atom stereocenters. The molecule has 0 aromatic heterocycles. The predicted molar refractivity (Wildman–Crippen MR) is 92.7 cm³/mol. The van der Waals surface area contributed by atoms with E-state index in [2.05, 4.69) is 15.9 Å². The van der Waals surface area contributed by atoms with E-state index in [4.69, 9.17) is 14.6 Å². The molecule has 0 aliphatic carbocycles. The largest absolute Gasteiger partial charge is 0.490 e. The Hall–Kier alpha value is -2.34. The Morgan fingerprint density at radius 3 is 2.58 bits per heavy atom. The van der Waals surface area contributed by atoms with Crippen LogP contribution in [0.15, 0.2) is 46.9 Å². The summed E-state index contributed by atoms with van der Waals surface area (Å²) < 4.78 is 24.9. The number of halogens is 2. The Morgan fingerprint density at radius 2 is 1.96 bits per heavy atom. The summed E-state index contributed by atoms with van der Waals surface area (Å²) in [4.78, 5) is 10.6. The van der Waals surface area contributed by atoms with Gasteiger partial charge >= 0.3 is 5.97 Å². The Labute approximate surface area is 147 Å². The number of hydrogen-bond donors (Lipinski definition) is 1. The Kier molecular flexibility index (Phi) is 6.37. The summed E-state index contributed by atoms with van der Waals surface area (Å²) in [5, 5.41) is 8.72. The van der Waals surface area contributed by atoms with Crippen molar-refractivity contribution in [3.05, 3.63) is 63.9 Å². The molecule has 0 bridgehead atoms. The van der Waals surface area contributed by atoms with Crippen molar-refractivity contribution in [1.82, 2.24) is 0 Å². The predicted octanol–water partition coefficient (Wildman–Crippen LogP) is 4.66. The van der Waals surface area contributed by atoms with Crippen LogP contribution in [0, 0.1) is 5.82 Å². The van der Waals surface area contributed by atoms with Crippen LogP contribution in [0.25, 0.3) is 6.08 Å². The summed E-state index contributed by atoms with van der Waals surface area (Å²) in [5.74, 6) is -0.321. The van der Waals surface area contributed by atoms with Crippen molar-refractivity contribution in [2.24, 2.45) is 0 Å². The fourth-order valence-electron chi connectivity index (χ4n) is 1.99. The van der Waals surface area contributed by atoms with E-state index < -0.39 is 5.97 Å². The number of carbonyl (C=O) groups is 1. The lowest BCUT2D eigenvalue weighted by Crippen LogP contribution is -2.01. The molecule has 0 amide bonds. The van der Waals surface area contributed by atoms with E-state index >= 15 is 0 Å². The molecule has 1 N–H and O–H groups in total. The molecule has 24 heavy (non-hydrogen) atoms. The zero-order valence-electron chi connectivity index (χ0n) is 13.0. The fourth-order valence-corrected chi connectivity index (χ4v) is 2.57. The first-order valence-corrected chi connectivity index (χ1v) is 8.03. The van der Waals surface area contributed by atoms with Gasteiger partial charge < -0.3 is 14.6 Å². The van der Waals surface area contributed by atoms with Crippen molar-refractivity contribution in [3.63, 3.8) is 0 Å². The summed E-state index contributed by atoms with van der Waals surface area (Å²) in [7, 11) is 0. The maximum atomic E-state index is 12.9. The van der Waals surface area contributed by atoms with Gasteiger partial charge in [0.25, 0.3) is 0 Å². The highest BCUT2D eigenvalue weighted by atomic mass is 79.9. The van der Waals surface area contributed by atoms with Crippen LogP contribution in [0.4, 0.5) is 4.39 Å². The molecule has 0 saturated carbocycles. The van der Waals surface area contributed by atoms with Crippen LogP contribution in [0.2, 0.25) is 0 Å². The van der Waals surface area contributed by atoms with E-state index in [-0.39, 0.29) is 12.4 Å². The van der Waals surface area contributed by atoms with E-state index in [1.807, 2.05) is 6.92 Å². The Morgan fingerprint density at radius 1 is 1.25 bits per heavy atom. The molecular formula is C18H16BrFO4. The molecule has 0 saturated heterocycles. The van der Waals surface area contributed by atoms with E-state index in [1.54, 1.807) is 24.3 Å². The first-order valence-electron chi connectivity index (χ1n) is 7.24. The number of carboxylic acids is 1. The van der Waals surface area contributed by atoms with Gasteiger partial charge in [-0.05, 0) is 64.3 Å². The molecule has 0 aliphatic heterocycles. The minimum Gasteiger partial charge on any atom is -0.490 e. The zero-order valence-corrected chi connectivity index (χ0v) is 14.5. The second-order valence-electron chi connectivity index (χ2n) is 4.85. The average molecular weight is 395 g/mol. The summed E-state index contributed by atoms with van der Waals surface area (Å²) in [6.45, 7) is 2.53. The average Bonchev–Trinajstić information content (AvgIpc) is 2.54. The second-order valence-corrected chi connectivity index (χ2v) is 5.70. The minimum atomic E-state index is -1.03. The molecule has 0 spiro atoms. The van der Waals surface area contributed by atoms with Gasteiger partial charge in [0.15, 0.2) is 11.5 Å². The van der Waals surface area contributed by atoms with E-state index in [9.17, 15) is 9.18 Å². The topological polar surface area (TPSA) is 55.8 Å². The SMILES string of the molecule is CCOc1cc(C=CC(=O)O)cc(Br)c1OCc1ccc(F)cc1. The van der Waals surface area contributed by atoms with Gasteiger partial charge in [-0.2, -0.15) is 0 Å². The Balaban J connectivity index is 2.23. The number of hydrogen-bond acceptors (Lipinski definition) is 3. The van der Waals surface area contributed by atoms with E-state index in [1.165, 1.54) is 18.2 Å². The van der Waals surface area contributed by atoms with Gasteiger partial charge in [-0.25, -0.2) is 9.18 Å². The molecule has 0 heterocycles. The number of carboxylic acid groups (broad SMARTS) is 1. The van der Waals surface area contributed by atoms with Gasteiger partial charge in [-0.3, -0.25) is 0 Å². The van der Waals surface area contributed by atoms with Gasteiger partial charge in [-0.15, -0.1) is 0 Å². The van der Waals surface area contributed by atoms with Crippen LogP contribution in [-0.2, 0) is 11.4 Å². The lowest BCUT2D eigenvalue weighted by Gasteiger charge is -2.15. The van der Waals surface area contributed by atoms with Crippen LogP contribution in [0.1, 0.15) is 18.1 Å². The Bertz CT molecular complexity index is 741. The third-order valence-corrected chi connectivity index (χ3v) is 3.64. The molecule has 2 aromatic rings. The quantitative estimate of drug-likeness (QED) is 0.693. The monoisotopic (exact) mass is 394 g/mol. The highest BCUT2D eigenvalue weighted by molar-refractivity contribution is 9.10. The third kappa shape index (κ3) is 5.09. The standard InChI is InChI=1S/C18H16BrFO4/c1-2-23-16-10-13(5-8-17(21)22)9-15(19)18(16)24-11-12-3-6-14(20)7-4-12/h3-10H,2,11H2,1H3,(H,21,22). The molecule has 2 rings (SSSR count). The molecule has 0 radical (unpaired) electrons. The number of ether oxygens (including phenoxy) is 2. The molecule has 4 nitrogen and oxygen atoms in total. The highest BCUT2D eigenvalue weighted by Crippen LogP contribution is 2.37. The van der Waals surface area contributed by atoms with Gasteiger partial charge in [0.05, 0.1) is 11.1 Å². The van der Waals surface area contributed by atoms with Crippen LogP contribution in [0.5, 0.6) is 11.5 Å². The maximum absolute atomic E-state index is 12.9. The van der Waals surface area contributed by atoms with Gasteiger partial charge in [0.1, 0.15) is 12.4 Å². The van der Waals surface area contributed by atoms with Crippen LogP contribution in [0.3, 0.4) is 0 Å². The molecule has 0 aliphatic rings.